The Labute approximate surface area is 161 Å². The molecule has 8 heteroatoms. The van der Waals surface area contributed by atoms with E-state index in [1.54, 1.807) is 12.1 Å². The summed E-state index contributed by atoms with van der Waals surface area (Å²) in [4.78, 5) is 26.8. The number of ketones is 1. The van der Waals surface area contributed by atoms with Gasteiger partial charge in [0.2, 0.25) is 0 Å². The van der Waals surface area contributed by atoms with Gasteiger partial charge in [0, 0.05) is 16.0 Å². The van der Waals surface area contributed by atoms with E-state index >= 15 is 0 Å². The van der Waals surface area contributed by atoms with Crippen LogP contribution in [0.1, 0.15) is 27.6 Å². The third-order valence-corrected chi connectivity index (χ3v) is 4.02. The summed E-state index contributed by atoms with van der Waals surface area (Å²) < 4.78 is 27.3. The van der Waals surface area contributed by atoms with Gasteiger partial charge < -0.3 is 0 Å². The summed E-state index contributed by atoms with van der Waals surface area (Å²) in [6.07, 6.45) is 0. The fourth-order valence-electron chi connectivity index (χ4n) is 1.69. The summed E-state index contributed by atoms with van der Waals surface area (Å²) in [6.45, 7) is 1.34. The summed E-state index contributed by atoms with van der Waals surface area (Å²) in [5.74, 6) is -1.83. The van der Waals surface area contributed by atoms with E-state index in [0.29, 0.717) is 8.95 Å². The maximum atomic E-state index is 13.3. The third-order valence-electron chi connectivity index (χ3n) is 3.03. The van der Waals surface area contributed by atoms with Crippen molar-refractivity contribution in [2.24, 2.45) is 0 Å². The van der Waals surface area contributed by atoms with Crippen LogP contribution in [0.15, 0.2) is 45.3 Å². The van der Waals surface area contributed by atoms with E-state index in [0.717, 1.165) is 5.06 Å². The van der Waals surface area contributed by atoms with Crippen molar-refractivity contribution in [1.82, 2.24) is 5.06 Å². The number of rotatable bonds is 3. The van der Waals surface area contributed by atoms with Gasteiger partial charge in [0.15, 0.2) is 5.78 Å². The molecule has 0 spiro atoms. The van der Waals surface area contributed by atoms with Crippen molar-refractivity contribution >= 4 is 43.6 Å². The van der Waals surface area contributed by atoms with Gasteiger partial charge in [-0.15, -0.1) is 0 Å². The normalized spacial score (nSPS) is 9.88. The molecule has 0 bridgehead atoms. The van der Waals surface area contributed by atoms with Crippen LogP contribution in [0, 0.1) is 11.6 Å². The molecule has 4 nitrogen and oxygen atoms in total. The fourth-order valence-corrected chi connectivity index (χ4v) is 2.36. The monoisotopic (exact) mass is 477 g/mol. The second-order valence-electron chi connectivity index (χ2n) is 4.79. The first-order chi connectivity index (χ1) is 11.7. The van der Waals surface area contributed by atoms with Gasteiger partial charge in [0.1, 0.15) is 11.6 Å². The van der Waals surface area contributed by atoms with Gasteiger partial charge in [-0.2, -0.15) is 0 Å². The van der Waals surface area contributed by atoms with Gasteiger partial charge in [-0.3, -0.25) is 14.4 Å². The van der Waals surface area contributed by atoms with E-state index in [9.17, 15) is 18.4 Å². The van der Waals surface area contributed by atoms with Gasteiger partial charge >= 0.3 is 0 Å². The Bertz CT molecular complexity index is 784. The molecule has 0 fully saturated rings. The van der Waals surface area contributed by atoms with Crippen molar-refractivity contribution in [1.29, 1.82) is 0 Å². The van der Waals surface area contributed by atoms with Gasteiger partial charge in [0.05, 0.1) is 18.2 Å². The predicted molar refractivity (Wildman–Crippen MR) is 97.3 cm³/mol. The first-order valence-electron chi connectivity index (χ1n) is 6.90. The minimum Gasteiger partial charge on any atom is -0.294 e. The number of benzene rings is 2. The Morgan fingerprint density at radius 1 is 0.960 bits per heavy atom. The highest BCUT2D eigenvalue weighted by atomic mass is 79.9. The zero-order valence-electron chi connectivity index (χ0n) is 13.6. The van der Waals surface area contributed by atoms with Crippen molar-refractivity contribution in [3.8, 4) is 0 Å². The molecule has 0 atom stereocenters. The molecule has 0 heterocycles. The van der Waals surface area contributed by atoms with E-state index in [2.05, 4.69) is 36.7 Å². The first-order valence-corrected chi connectivity index (χ1v) is 8.49. The minimum absolute atomic E-state index is 0.0162. The van der Waals surface area contributed by atoms with Crippen LogP contribution in [0.25, 0.3) is 0 Å². The average Bonchev–Trinajstić information content (AvgIpc) is 2.53. The first kappa shape index (κ1) is 21.4. The van der Waals surface area contributed by atoms with E-state index in [1.807, 2.05) is 0 Å². The fraction of sp³-hybridized carbons (Fsp3) is 0.176. The Balaban J connectivity index is 0.000000257. The van der Waals surface area contributed by atoms with Crippen LogP contribution in [0.3, 0.4) is 0 Å². The lowest BCUT2D eigenvalue weighted by molar-refractivity contribution is -0.0759. The molecule has 0 aliphatic heterocycles. The van der Waals surface area contributed by atoms with Crippen molar-refractivity contribution in [3.05, 3.63) is 68.1 Å². The molecule has 0 unspecified atom stereocenters. The number of Topliss-reactive ketones (excluding diaryl/α,β-unsaturated/α-hetero) is 1. The van der Waals surface area contributed by atoms with E-state index in [1.165, 1.54) is 45.3 Å². The summed E-state index contributed by atoms with van der Waals surface area (Å²) >= 11 is 6.20. The molecule has 0 radical (unpaired) electrons. The molecule has 0 saturated carbocycles. The summed E-state index contributed by atoms with van der Waals surface area (Å²) in [6, 6.07) is 8.60. The van der Waals surface area contributed by atoms with Crippen molar-refractivity contribution in [2.45, 2.75) is 6.92 Å². The van der Waals surface area contributed by atoms with Crippen LogP contribution < -0.4 is 0 Å². The molecule has 2 aromatic carbocycles. The molecule has 0 saturated heterocycles. The Kier molecular flexibility index (Phi) is 8.34. The number of hydroxylamine groups is 2. The zero-order valence-corrected chi connectivity index (χ0v) is 16.8. The second kappa shape index (κ2) is 9.74. The molecule has 134 valence electrons. The lowest BCUT2D eigenvalue weighted by Crippen LogP contribution is -2.26. The highest BCUT2D eigenvalue weighted by Gasteiger charge is 2.15. The molecule has 0 aliphatic carbocycles. The van der Waals surface area contributed by atoms with Crippen molar-refractivity contribution < 1.29 is 23.2 Å². The van der Waals surface area contributed by atoms with E-state index in [-0.39, 0.29) is 16.9 Å². The number of nitrogens with zero attached hydrogens (tertiary/aromatic N) is 1. The molecule has 1 amide bonds. The number of carbonyl (C=O) groups is 2. The highest BCUT2D eigenvalue weighted by Crippen LogP contribution is 2.16. The third kappa shape index (κ3) is 6.30. The Hall–Kier alpha value is -1.64. The quantitative estimate of drug-likeness (QED) is 0.460. The molecule has 0 aromatic heterocycles. The predicted octanol–water partition coefficient (Wildman–Crippen LogP) is 5.01. The van der Waals surface area contributed by atoms with Gasteiger partial charge in [-0.1, -0.05) is 31.9 Å². The van der Waals surface area contributed by atoms with Gasteiger partial charge in [-0.05, 0) is 43.3 Å². The summed E-state index contributed by atoms with van der Waals surface area (Å²) in [7, 11) is 2.76. The molecular formula is C17H15Br2F2NO3. The summed E-state index contributed by atoms with van der Waals surface area (Å²) in [5, 5.41) is 0.965. The molecule has 0 N–H and O–H groups in total. The lowest BCUT2D eigenvalue weighted by atomic mass is 10.1. The number of carbonyl (C=O) groups excluding carboxylic acids is 2. The smallest absolute Gasteiger partial charge is 0.280 e. The number of halogens is 4. The average molecular weight is 479 g/mol. The second-order valence-corrected chi connectivity index (χ2v) is 6.62. The van der Waals surface area contributed by atoms with Crippen LogP contribution in [0.4, 0.5) is 8.78 Å². The van der Waals surface area contributed by atoms with Crippen LogP contribution in [-0.2, 0) is 4.84 Å². The SMILES string of the molecule is CC(=O)c1ccc(Br)cc1F.CON(C)C(=O)c1ccc(Br)cc1F. The maximum Gasteiger partial charge on any atom is 0.280 e. The van der Waals surface area contributed by atoms with Crippen LogP contribution in [0.5, 0.6) is 0 Å². The van der Waals surface area contributed by atoms with Crippen LogP contribution in [-0.4, -0.2) is 30.9 Å². The largest absolute Gasteiger partial charge is 0.294 e. The Morgan fingerprint density at radius 3 is 1.76 bits per heavy atom. The molecule has 2 aromatic rings. The summed E-state index contributed by atoms with van der Waals surface area (Å²) in [5.41, 5.74) is 0.116. The molecule has 25 heavy (non-hydrogen) atoms. The molecule has 0 aliphatic rings. The van der Waals surface area contributed by atoms with E-state index < -0.39 is 17.5 Å². The lowest BCUT2D eigenvalue weighted by Gasteiger charge is -2.13. The maximum absolute atomic E-state index is 13.3. The zero-order chi connectivity index (χ0) is 19.1. The van der Waals surface area contributed by atoms with Crippen LogP contribution in [0.2, 0.25) is 0 Å². The standard InChI is InChI=1S/C9H9BrFNO2.C8H6BrFO/c1-12(14-2)9(13)7-4-3-6(10)5-8(7)11;1-5(11)7-3-2-6(9)4-8(7)10/h3-5H,1-2H3;2-4H,1H3. The number of amides is 1. The van der Waals surface area contributed by atoms with Crippen molar-refractivity contribution in [3.63, 3.8) is 0 Å². The highest BCUT2D eigenvalue weighted by molar-refractivity contribution is 9.10. The van der Waals surface area contributed by atoms with Crippen molar-refractivity contribution in [2.75, 3.05) is 14.2 Å². The van der Waals surface area contributed by atoms with Gasteiger partial charge in [-0.25, -0.2) is 13.8 Å². The van der Waals surface area contributed by atoms with Crippen LogP contribution >= 0.6 is 31.9 Å². The number of hydrogen-bond acceptors (Lipinski definition) is 3. The molecular weight excluding hydrogens is 464 g/mol. The molecule has 2 rings (SSSR count). The minimum atomic E-state index is -0.576. The Morgan fingerprint density at radius 2 is 1.40 bits per heavy atom. The van der Waals surface area contributed by atoms with E-state index in [4.69, 9.17) is 0 Å². The van der Waals surface area contributed by atoms with Gasteiger partial charge in [0.25, 0.3) is 5.91 Å². The topological polar surface area (TPSA) is 46.6 Å². The number of hydrogen-bond donors (Lipinski definition) is 0.